The van der Waals surface area contributed by atoms with Crippen molar-refractivity contribution < 1.29 is 9.53 Å². The quantitative estimate of drug-likeness (QED) is 0.829. The van der Waals surface area contributed by atoms with Crippen molar-refractivity contribution in [2.45, 2.75) is 58.7 Å². The first kappa shape index (κ1) is 16.2. The van der Waals surface area contributed by atoms with E-state index in [0.29, 0.717) is 13.1 Å². The number of hydrogen-bond donors (Lipinski definition) is 0. The normalized spacial score (nSPS) is 19.5. The van der Waals surface area contributed by atoms with E-state index in [1.54, 1.807) is 4.90 Å². The lowest BCUT2D eigenvalue weighted by molar-refractivity contribution is 0.0136. The summed E-state index contributed by atoms with van der Waals surface area (Å²) in [5.74, 6) is 2.18. The van der Waals surface area contributed by atoms with E-state index in [9.17, 15) is 4.79 Å². The topological polar surface area (TPSA) is 63.5 Å². The average molecular weight is 321 g/mol. The molecule has 1 aromatic heterocycles. The summed E-state index contributed by atoms with van der Waals surface area (Å²) in [6.45, 7) is 10.7. The third kappa shape index (κ3) is 4.02. The van der Waals surface area contributed by atoms with E-state index in [2.05, 4.69) is 19.7 Å². The molecule has 1 amide bonds. The lowest BCUT2D eigenvalue weighted by atomic mass is 10.1. The van der Waals surface area contributed by atoms with E-state index >= 15 is 0 Å². The summed E-state index contributed by atoms with van der Waals surface area (Å²) in [7, 11) is 0. The van der Waals surface area contributed by atoms with Gasteiger partial charge in [-0.3, -0.25) is 4.90 Å². The van der Waals surface area contributed by atoms with Gasteiger partial charge in [0.25, 0.3) is 0 Å². The molecule has 7 heteroatoms. The molecule has 23 heavy (non-hydrogen) atoms. The molecule has 0 radical (unpaired) electrons. The van der Waals surface area contributed by atoms with Crippen LogP contribution >= 0.6 is 0 Å². The fourth-order valence-electron chi connectivity index (χ4n) is 3.10. The van der Waals surface area contributed by atoms with Gasteiger partial charge < -0.3 is 14.2 Å². The molecule has 1 saturated heterocycles. The summed E-state index contributed by atoms with van der Waals surface area (Å²) in [6, 6.07) is 0. The second-order valence-electron chi connectivity index (χ2n) is 7.38. The summed E-state index contributed by atoms with van der Waals surface area (Å²) < 4.78 is 7.70. The van der Waals surface area contributed by atoms with Gasteiger partial charge >= 0.3 is 6.09 Å². The van der Waals surface area contributed by atoms with Crippen molar-refractivity contribution in [3.63, 3.8) is 0 Å². The Balaban J connectivity index is 1.52. The zero-order valence-corrected chi connectivity index (χ0v) is 14.4. The third-order valence-electron chi connectivity index (χ3n) is 4.33. The first-order chi connectivity index (χ1) is 10.9. The molecule has 128 valence electrons. The monoisotopic (exact) mass is 321 g/mol. The van der Waals surface area contributed by atoms with Gasteiger partial charge in [0.1, 0.15) is 17.2 Å². The fraction of sp³-hybridized carbons (Fsp3) is 0.812. The predicted molar refractivity (Wildman–Crippen MR) is 86.0 cm³/mol. The molecule has 3 heterocycles. The standard InChI is InChI=1S/C16H27N5O2/c1-16(2,3)23-15(22)20-10-8-19(9-11-20)12-14-18-17-13-6-4-5-7-21(13)14/h4-12H2,1-3H3. The molecule has 2 aliphatic rings. The molecule has 0 bridgehead atoms. The van der Waals surface area contributed by atoms with E-state index in [0.717, 1.165) is 44.2 Å². The van der Waals surface area contributed by atoms with Gasteiger partial charge in [-0.15, -0.1) is 10.2 Å². The van der Waals surface area contributed by atoms with Gasteiger partial charge in [0.15, 0.2) is 0 Å². The van der Waals surface area contributed by atoms with Gasteiger partial charge in [-0.05, 0) is 33.6 Å². The summed E-state index contributed by atoms with van der Waals surface area (Å²) in [4.78, 5) is 16.2. The van der Waals surface area contributed by atoms with E-state index in [1.165, 1.54) is 12.8 Å². The van der Waals surface area contributed by atoms with Crippen LogP contribution in [0.15, 0.2) is 0 Å². The second-order valence-corrected chi connectivity index (χ2v) is 7.38. The van der Waals surface area contributed by atoms with Crippen molar-refractivity contribution in [3.8, 4) is 0 Å². The summed E-state index contributed by atoms with van der Waals surface area (Å²) >= 11 is 0. The number of rotatable bonds is 2. The molecule has 2 aliphatic heterocycles. The van der Waals surface area contributed by atoms with Gasteiger partial charge in [0, 0.05) is 39.1 Å². The molecule has 0 aromatic carbocycles. The number of hydrogen-bond acceptors (Lipinski definition) is 5. The van der Waals surface area contributed by atoms with Gasteiger partial charge in [-0.2, -0.15) is 0 Å². The smallest absolute Gasteiger partial charge is 0.410 e. The Morgan fingerprint density at radius 3 is 2.52 bits per heavy atom. The van der Waals surface area contributed by atoms with Crippen LogP contribution in [0.25, 0.3) is 0 Å². The van der Waals surface area contributed by atoms with Gasteiger partial charge in [0.05, 0.1) is 6.54 Å². The first-order valence-electron chi connectivity index (χ1n) is 8.53. The molecular weight excluding hydrogens is 294 g/mol. The third-order valence-corrected chi connectivity index (χ3v) is 4.33. The van der Waals surface area contributed by atoms with Crippen LogP contribution in [0.4, 0.5) is 4.79 Å². The minimum Gasteiger partial charge on any atom is -0.444 e. The molecule has 0 unspecified atom stereocenters. The molecule has 7 nitrogen and oxygen atoms in total. The maximum Gasteiger partial charge on any atom is 0.410 e. The van der Waals surface area contributed by atoms with Crippen LogP contribution in [0.3, 0.4) is 0 Å². The number of ether oxygens (including phenoxy) is 1. The van der Waals surface area contributed by atoms with Gasteiger partial charge in [0.2, 0.25) is 0 Å². The van der Waals surface area contributed by atoms with Crippen LogP contribution in [0.1, 0.15) is 45.3 Å². The van der Waals surface area contributed by atoms with Crippen molar-refractivity contribution in [1.29, 1.82) is 0 Å². The number of piperazine rings is 1. The van der Waals surface area contributed by atoms with Crippen molar-refractivity contribution in [2.75, 3.05) is 26.2 Å². The van der Waals surface area contributed by atoms with Crippen LogP contribution < -0.4 is 0 Å². The Hall–Kier alpha value is -1.63. The summed E-state index contributed by atoms with van der Waals surface area (Å²) in [5, 5.41) is 8.67. The SMILES string of the molecule is CC(C)(C)OC(=O)N1CCN(Cc2nnc3n2CCCC3)CC1. The minimum absolute atomic E-state index is 0.211. The van der Waals surface area contributed by atoms with Crippen molar-refractivity contribution in [1.82, 2.24) is 24.6 Å². The Labute approximate surface area is 137 Å². The zero-order chi connectivity index (χ0) is 16.4. The van der Waals surface area contributed by atoms with Crippen LogP contribution in [0.2, 0.25) is 0 Å². The highest BCUT2D eigenvalue weighted by Gasteiger charge is 2.27. The van der Waals surface area contributed by atoms with E-state index < -0.39 is 5.60 Å². The van der Waals surface area contributed by atoms with Gasteiger partial charge in [-0.25, -0.2) is 4.79 Å². The Morgan fingerprint density at radius 2 is 1.83 bits per heavy atom. The largest absolute Gasteiger partial charge is 0.444 e. The Kier molecular flexibility index (Phi) is 4.57. The predicted octanol–water partition coefficient (Wildman–Crippen LogP) is 1.67. The van der Waals surface area contributed by atoms with E-state index in [1.807, 2.05) is 20.8 Å². The summed E-state index contributed by atoms with van der Waals surface area (Å²) in [5.41, 5.74) is -0.436. The van der Waals surface area contributed by atoms with Crippen LogP contribution in [-0.2, 0) is 24.2 Å². The van der Waals surface area contributed by atoms with Crippen molar-refractivity contribution in [2.24, 2.45) is 0 Å². The molecule has 0 atom stereocenters. The van der Waals surface area contributed by atoms with Crippen LogP contribution in [0.5, 0.6) is 0 Å². The lowest BCUT2D eigenvalue weighted by Gasteiger charge is -2.35. The van der Waals surface area contributed by atoms with Gasteiger partial charge in [-0.1, -0.05) is 0 Å². The zero-order valence-electron chi connectivity index (χ0n) is 14.4. The van der Waals surface area contributed by atoms with Crippen molar-refractivity contribution >= 4 is 6.09 Å². The minimum atomic E-state index is -0.436. The number of amides is 1. The van der Waals surface area contributed by atoms with Crippen LogP contribution in [-0.4, -0.2) is 62.4 Å². The molecule has 0 N–H and O–H groups in total. The first-order valence-corrected chi connectivity index (χ1v) is 8.53. The second kappa shape index (κ2) is 6.47. The Bertz CT molecular complexity index is 555. The fourth-order valence-corrected chi connectivity index (χ4v) is 3.10. The average Bonchev–Trinajstić information content (AvgIpc) is 2.90. The maximum atomic E-state index is 12.1. The molecule has 1 aromatic rings. The molecule has 0 spiro atoms. The molecule has 0 saturated carbocycles. The van der Waals surface area contributed by atoms with E-state index in [-0.39, 0.29) is 6.09 Å². The highest BCUT2D eigenvalue weighted by Crippen LogP contribution is 2.17. The molecule has 1 fully saturated rings. The van der Waals surface area contributed by atoms with E-state index in [4.69, 9.17) is 4.74 Å². The Morgan fingerprint density at radius 1 is 1.09 bits per heavy atom. The highest BCUT2D eigenvalue weighted by molar-refractivity contribution is 5.68. The molecule has 3 rings (SSSR count). The maximum absolute atomic E-state index is 12.1. The number of aryl methyl sites for hydroxylation is 1. The number of carbonyl (C=O) groups is 1. The molecule has 0 aliphatic carbocycles. The number of nitrogens with zero attached hydrogens (tertiary/aromatic N) is 5. The molecular formula is C16H27N5O2. The number of fused-ring (bicyclic) bond motifs is 1. The van der Waals surface area contributed by atoms with Crippen molar-refractivity contribution in [3.05, 3.63) is 11.6 Å². The number of carbonyl (C=O) groups excluding carboxylic acids is 1. The van der Waals surface area contributed by atoms with Crippen LogP contribution in [0, 0.1) is 0 Å². The summed E-state index contributed by atoms with van der Waals surface area (Å²) in [6.07, 6.45) is 3.26. The highest BCUT2D eigenvalue weighted by atomic mass is 16.6. The number of aromatic nitrogens is 3. The lowest BCUT2D eigenvalue weighted by Crippen LogP contribution is -2.49.